The minimum absolute atomic E-state index is 0.179. The van der Waals surface area contributed by atoms with E-state index >= 15 is 0 Å². The number of benzene rings is 1. The van der Waals surface area contributed by atoms with Gasteiger partial charge in [-0.3, -0.25) is 9.69 Å². The number of carbonyl (C=O) groups excluding carboxylic acids is 1. The van der Waals surface area contributed by atoms with E-state index in [0.29, 0.717) is 13.0 Å². The lowest BCUT2D eigenvalue weighted by Gasteiger charge is -2.24. The smallest absolute Gasteiger partial charge is 0.234 e. The van der Waals surface area contributed by atoms with Crippen LogP contribution in [0.1, 0.15) is 24.5 Å². The van der Waals surface area contributed by atoms with Gasteiger partial charge in [0, 0.05) is 6.54 Å². The topological polar surface area (TPSA) is 66.6 Å². The Bertz CT molecular complexity index is 482. The van der Waals surface area contributed by atoms with E-state index in [2.05, 4.69) is 0 Å². The molecule has 0 spiro atoms. The standard InChI is InChI=1S/C13H16F2N2O2/c14-9-4-3-8(6-10(9)15)12(18)7-17-5-1-2-11(17)13(16)19/h3-4,6,11-12,18H,1-2,5,7H2,(H2,16,19). The molecule has 1 fully saturated rings. The fraction of sp³-hybridized carbons (Fsp3) is 0.462. The molecule has 19 heavy (non-hydrogen) atoms. The number of rotatable bonds is 4. The van der Waals surface area contributed by atoms with Crippen molar-refractivity contribution in [1.82, 2.24) is 4.90 Å². The van der Waals surface area contributed by atoms with Crippen molar-refractivity contribution in [3.05, 3.63) is 35.4 Å². The average molecular weight is 270 g/mol. The molecule has 1 aliphatic rings. The van der Waals surface area contributed by atoms with Crippen LogP contribution in [0.2, 0.25) is 0 Å². The third-order valence-electron chi connectivity index (χ3n) is 3.43. The van der Waals surface area contributed by atoms with Gasteiger partial charge in [0.1, 0.15) is 0 Å². The SMILES string of the molecule is NC(=O)C1CCCN1CC(O)c1ccc(F)c(F)c1. The van der Waals surface area contributed by atoms with Gasteiger partial charge in [0.05, 0.1) is 12.1 Å². The van der Waals surface area contributed by atoms with Crippen LogP contribution in [0.25, 0.3) is 0 Å². The molecule has 0 radical (unpaired) electrons. The number of halogens is 2. The van der Waals surface area contributed by atoms with Gasteiger partial charge in [0.2, 0.25) is 5.91 Å². The van der Waals surface area contributed by atoms with Crippen molar-refractivity contribution in [3.8, 4) is 0 Å². The maximum Gasteiger partial charge on any atom is 0.234 e. The van der Waals surface area contributed by atoms with Crippen molar-refractivity contribution in [3.63, 3.8) is 0 Å². The molecule has 6 heteroatoms. The molecule has 2 rings (SSSR count). The van der Waals surface area contributed by atoms with Gasteiger partial charge in [-0.05, 0) is 37.1 Å². The number of hydrogen-bond donors (Lipinski definition) is 2. The summed E-state index contributed by atoms with van der Waals surface area (Å²) in [6.45, 7) is 0.840. The van der Waals surface area contributed by atoms with Crippen LogP contribution >= 0.6 is 0 Å². The van der Waals surface area contributed by atoms with E-state index in [1.54, 1.807) is 4.90 Å². The molecule has 4 nitrogen and oxygen atoms in total. The minimum atomic E-state index is -0.996. The molecular weight excluding hydrogens is 254 g/mol. The number of hydrogen-bond acceptors (Lipinski definition) is 3. The number of nitrogens with two attached hydrogens (primary N) is 1. The summed E-state index contributed by atoms with van der Waals surface area (Å²) in [5, 5.41) is 10.0. The fourth-order valence-corrected chi connectivity index (χ4v) is 2.41. The zero-order chi connectivity index (χ0) is 14.0. The Balaban J connectivity index is 2.06. The summed E-state index contributed by atoms with van der Waals surface area (Å²) >= 11 is 0. The first-order chi connectivity index (χ1) is 8.99. The molecule has 1 aliphatic heterocycles. The number of primary amides is 1. The summed E-state index contributed by atoms with van der Waals surface area (Å²) in [6.07, 6.45) is 0.521. The van der Waals surface area contributed by atoms with Gasteiger partial charge in [-0.1, -0.05) is 6.07 Å². The van der Waals surface area contributed by atoms with E-state index in [-0.39, 0.29) is 18.2 Å². The highest BCUT2D eigenvalue weighted by atomic mass is 19.2. The number of nitrogens with zero attached hydrogens (tertiary/aromatic N) is 1. The molecule has 0 saturated carbocycles. The van der Waals surface area contributed by atoms with Gasteiger partial charge in [-0.15, -0.1) is 0 Å². The van der Waals surface area contributed by atoms with Crippen LogP contribution in [0.5, 0.6) is 0 Å². The number of aliphatic hydroxyl groups excluding tert-OH is 1. The maximum atomic E-state index is 13.1. The van der Waals surface area contributed by atoms with E-state index in [4.69, 9.17) is 5.73 Å². The lowest BCUT2D eigenvalue weighted by molar-refractivity contribution is -0.122. The van der Waals surface area contributed by atoms with Crippen LogP contribution in [0, 0.1) is 11.6 Å². The zero-order valence-electron chi connectivity index (χ0n) is 10.4. The number of likely N-dealkylation sites (tertiary alicyclic amines) is 1. The lowest BCUT2D eigenvalue weighted by atomic mass is 10.1. The first-order valence-electron chi connectivity index (χ1n) is 6.15. The van der Waals surface area contributed by atoms with Gasteiger partial charge in [-0.2, -0.15) is 0 Å². The normalized spacial score (nSPS) is 21.5. The molecule has 1 heterocycles. The van der Waals surface area contributed by atoms with Gasteiger partial charge in [0.25, 0.3) is 0 Å². The molecule has 104 valence electrons. The molecule has 1 amide bonds. The zero-order valence-corrected chi connectivity index (χ0v) is 10.4. The molecule has 0 aliphatic carbocycles. The minimum Gasteiger partial charge on any atom is -0.387 e. The van der Waals surface area contributed by atoms with Crippen molar-refractivity contribution in [2.75, 3.05) is 13.1 Å². The van der Waals surface area contributed by atoms with E-state index in [1.807, 2.05) is 0 Å². The van der Waals surface area contributed by atoms with Crippen LogP contribution in [0.3, 0.4) is 0 Å². The number of amides is 1. The second-order valence-electron chi connectivity index (χ2n) is 4.74. The van der Waals surface area contributed by atoms with Crippen LogP contribution in [0.4, 0.5) is 8.78 Å². The Morgan fingerprint density at radius 1 is 1.47 bits per heavy atom. The van der Waals surface area contributed by atoms with Gasteiger partial charge in [0.15, 0.2) is 11.6 Å². The van der Waals surface area contributed by atoms with Crippen molar-refractivity contribution in [2.45, 2.75) is 25.0 Å². The molecule has 2 unspecified atom stereocenters. The van der Waals surface area contributed by atoms with E-state index < -0.39 is 23.6 Å². The van der Waals surface area contributed by atoms with E-state index in [9.17, 15) is 18.7 Å². The molecule has 2 atom stereocenters. The Kier molecular flexibility index (Phi) is 4.11. The Morgan fingerprint density at radius 2 is 2.21 bits per heavy atom. The summed E-state index contributed by atoms with van der Waals surface area (Å²) in [5.74, 6) is -2.37. The fourth-order valence-electron chi connectivity index (χ4n) is 2.41. The summed E-state index contributed by atoms with van der Waals surface area (Å²) in [7, 11) is 0. The van der Waals surface area contributed by atoms with Crippen molar-refractivity contribution in [2.24, 2.45) is 5.73 Å². The quantitative estimate of drug-likeness (QED) is 0.856. The molecular formula is C13H16F2N2O2. The maximum absolute atomic E-state index is 13.1. The van der Waals surface area contributed by atoms with Crippen molar-refractivity contribution in [1.29, 1.82) is 0 Å². The number of β-amino-alcohol motifs (C(OH)–C–C–N with tert-alkyl or cyclic N) is 1. The Labute approximate surface area is 109 Å². The number of aliphatic hydroxyl groups is 1. The predicted molar refractivity (Wildman–Crippen MR) is 65.1 cm³/mol. The summed E-state index contributed by atoms with van der Waals surface area (Å²) in [6, 6.07) is 2.89. The molecule has 1 aromatic carbocycles. The van der Waals surface area contributed by atoms with E-state index in [1.165, 1.54) is 6.07 Å². The molecule has 0 bridgehead atoms. The van der Waals surface area contributed by atoms with Crippen LogP contribution in [-0.2, 0) is 4.79 Å². The molecule has 1 aromatic rings. The highest BCUT2D eigenvalue weighted by molar-refractivity contribution is 5.80. The van der Waals surface area contributed by atoms with Crippen LogP contribution in [0.15, 0.2) is 18.2 Å². The predicted octanol–water partition coefficient (Wildman–Crippen LogP) is 0.948. The first kappa shape index (κ1) is 13.9. The Hall–Kier alpha value is -1.53. The lowest BCUT2D eigenvalue weighted by Crippen LogP contribution is -2.42. The van der Waals surface area contributed by atoms with Gasteiger partial charge >= 0.3 is 0 Å². The monoisotopic (exact) mass is 270 g/mol. The third-order valence-corrected chi connectivity index (χ3v) is 3.43. The van der Waals surface area contributed by atoms with Crippen molar-refractivity contribution >= 4 is 5.91 Å². The highest BCUT2D eigenvalue weighted by Gasteiger charge is 2.30. The molecule has 0 aromatic heterocycles. The van der Waals surface area contributed by atoms with Crippen LogP contribution in [-0.4, -0.2) is 35.0 Å². The summed E-state index contributed by atoms with van der Waals surface area (Å²) < 4.78 is 25.9. The van der Waals surface area contributed by atoms with Gasteiger partial charge in [-0.25, -0.2) is 8.78 Å². The molecule has 1 saturated heterocycles. The summed E-state index contributed by atoms with van der Waals surface area (Å²) in [4.78, 5) is 13.0. The van der Waals surface area contributed by atoms with Crippen LogP contribution < -0.4 is 5.73 Å². The van der Waals surface area contributed by atoms with E-state index in [0.717, 1.165) is 18.6 Å². The largest absolute Gasteiger partial charge is 0.387 e. The summed E-state index contributed by atoms with van der Waals surface area (Å²) in [5.41, 5.74) is 5.56. The first-order valence-corrected chi connectivity index (χ1v) is 6.15. The number of carbonyl (C=O) groups is 1. The second kappa shape index (κ2) is 5.63. The van der Waals surface area contributed by atoms with Crippen molar-refractivity contribution < 1.29 is 18.7 Å². The molecule has 3 N–H and O–H groups in total. The highest BCUT2D eigenvalue weighted by Crippen LogP contribution is 2.22. The third kappa shape index (κ3) is 3.08. The Morgan fingerprint density at radius 3 is 2.84 bits per heavy atom. The van der Waals surface area contributed by atoms with Gasteiger partial charge < -0.3 is 10.8 Å². The average Bonchev–Trinajstić information content (AvgIpc) is 2.80. The second-order valence-corrected chi connectivity index (χ2v) is 4.74.